The van der Waals surface area contributed by atoms with Gasteiger partial charge in [0.1, 0.15) is 5.82 Å². The topological polar surface area (TPSA) is 24.9 Å². The Morgan fingerprint density at radius 3 is 3.15 bits per heavy atom. The molecule has 1 N–H and O–H groups in total. The summed E-state index contributed by atoms with van der Waals surface area (Å²) in [6.07, 6.45) is 1.13. The third-order valence-corrected chi connectivity index (χ3v) is 2.73. The van der Waals surface area contributed by atoms with E-state index >= 15 is 0 Å². The Morgan fingerprint density at radius 2 is 2.31 bits per heavy atom. The van der Waals surface area contributed by atoms with Gasteiger partial charge in [-0.05, 0) is 30.0 Å². The van der Waals surface area contributed by atoms with Crippen LogP contribution in [0.3, 0.4) is 0 Å². The van der Waals surface area contributed by atoms with E-state index < -0.39 is 0 Å². The second-order valence-corrected chi connectivity index (χ2v) is 3.87. The van der Waals surface area contributed by atoms with Gasteiger partial charge in [0.15, 0.2) is 0 Å². The van der Waals surface area contributed by atoms with Crippen LogP contribution >= 0.6 is 11.3 Å². The molecule has 0 amide bonds. The number of pyridine rings is 1. The minimum absolute atomic E-state index is 0.979. The number of nitrogens with one attached hydrogen (secondary N) is 1. The molecule has 0 aromatic carbocycles. The normalized spacial score (nSPS) is 10.5. The smallest absolute Gasteiger partial charge is 0.126 e. The summed E-state index contributed by atoms with van der Waals surface area (Å²) in [5.74, 6) is 0.979. The largest absolute Gasteiger partial charge is 0.370 e. The molecule has 2 heterocycles. The first-order chi connectivity index (χ1) is 6.40. The van der Waals surface area contributed by atoms with Gasteiger partial charge in [-0.3, -0.25) is 0 Å². The summed E-state index contributed by atoms with van der Waals surface area (Å²) in [5.41, 5.74) is 1.09. The van der Waals surface area contributed by atoms with Gasteiger partial charge >= 0.3 is 0 Å². The van der Waals surface area contributed by atoms with Gasteiger partial charge in [-0.2, -0.15) is 0 Å². The van der Waals surface area contributed by atoms with Crippen molar-refractivity contribution in [2.45, 2.75) is 13.3 Å². The van der Waals surface area contributed by atoms with E-state index in [1.165, 1.54) is 4.70 Å². The molecule has 0 aliphatic carbocycles. The fourth-order valence-corrected chi connectivity index (χ4v) is 1.93. The van der Waals surface area contributed by atoms with Gasteiger partial charge in [-0.1, -0.05) is 6.92 Å². The van der Waals surface area contributed by atoms with E-state index in [1.807, 2.05) is 6.07 Å². The maximum Gasteiger partial charge on any atom is 0.126 e. The van der Waals surface area contributed by atoms with E-state index in [0.29, 0.717) is 0 Å². The highest BCUT2D eigenvalue weighted by molar-refractivity contribution is 7.17. The highest BCUT2D eigenvalue weighted by atomic mass is 32.1. The van der Waals surface area contributed by atoms with Crippen LogP contribution < -0.4 is 5.32 Å². The number of anilines is 1. The summed E-state index contributed by atoms with van der Waals surface area (Å²) in [5, 5.41) is 5.34. The van der Waals surface area contributed by atoms with Gasteiger partial charge in [0.05, 0.1) is 10.2 Å². The van der Waals surface area contributed by atoms with Gasteiger partial charge in [0.25, 0.3) is 0 Å². The van der Waals surface area contributed by atoms with Crippen LogP contribution in [-0.4, -0.2) is 11.5 Å². The van der Waals surface area contributed by atoms with E-state index in [2.05, 4.69) is 34.7 Å². The van der Waals surface area contributed by atoms with Gasteiger partial charge < -0.3 is 5.32 Å². The number of hydrogen-bond donors (Lipinski definition) is 1. The van der Waals surface area contributed by atoms with Gasteiger partial charge in [-0.25, -0.2) is 4.98 Å². The molecule has 0 aliphatic rings. The molecule has 0 bridgehead atoms. The minimum atomic E-state index is 0.979. The van der Waals surface area contributed by atoms with Crippen molar-refractivity contribution < 1.29 is 0 Å². The van der Waals surface area contributed by atoms with Crippen LogP contribution in [0.25, 0.3) is 10.2 Å². The molecule has 0 fully saturated rings. The highest BCUT2D eigenvalue weighted by Gasteiger charge is 1.97. The van der Waals surface area contributed by atoms with Crippen molar-refractivity contribution in [3.63, 3.8) is 0 Å². The summed E-state index contributed by atoms with van der Waals surface area (Å²) < 4.78 is 1.25. The Morgan fingerprint density at radius 1 is 1.38 bits per heavy atom. The van der Waals surface area contributed by atoms with Gasteiger partial charge in [0.2, 0.25) is 0 Å². The second-order valence-electron chi connectivity index (χ2n) is 2.93. The summed E-state index contributed by atoms with van der Waals surface area (Å²) in [4.78, 5) is 4.47. The first-order valence-electron chi connectivity index (χ1n) is 4.48. The van der Waals surface area contributed by atoms with Crippen LogP contribution in [0.1, 0.15) is 13.3 Å². The molecule has 0 unspecified atom stereocenters. The monoisotopic (exact) mass is 192 g/mol. The van der Waals surface area contributed by atoms with Crippen LogP contribution in [0.15, 0.2) is 23.6 Å². The van der Waals surface area contributed by atoms with Crippen LogP contribution in [-0.2, 0) is 0 Å². The predicted molar refractivity (Wildman–Crippen MR) is 58.4 cm³/mol. The third kappa shape index (κ3) is 1.80. The molecule has 0 radical (unpaired) electrons. The van der Waals surface area contributed by atoms with Crippen molar-refractivity contribution in [1.29, 1.82) is 0 Å². The first kappa shape index (κ1) is 8.51. The van der Waals surface area contributed by atoms with Crippen LogP contribution in [0.2, 0.25) is 0 Å². The molecule has 2 aromatic rings. The SMILES string of the molecule is CCCNc1ccc2sccc2n1. The maximum absolute atomic E-state index is 4.47. The van der Waals surface area contributed by atoms with Crippen molar-refractivity contribution >= 4 is 27.4 Å². The molecule has 0 atom stereocenters. The number of fused-ring (bicyclic) bond motifs is 1. The molecular formula is C10H12N2S. The maximum atomic E-state index is 4.47. The second kappa shape index (κ2) is 3.75. The van der Waals surface area contributed by atoms with E-state index in [1.54, 1.807) is 11.3 Å². The van der Waals surface area contributed by atoms with Crippen LogP contribution in [0.5, 0.6) is 0 Å². The first-order valence-corrected chi connectivity index (χ1v) is 5.36. The van der Waals surface area contributed by atoms with Crippen molar-refractivity contribution in [2.75, 3.05) is 11.9 Å². The average Bonchev–Trinajstić information content (AvgIpc) is 2.61. The molecule has 13 heavy (non-hydrogen) atoms. The Labute approximate surface area is 81.6 Å². The highest BCUT2D eigenvalue weighted by Crippen LogP contribution is 2.20. The standard InChI is InChI=1S/C10H12N2S/c1-2-6-11-10-4-3-9-8(12-10)5-7-13-9/h3-5,7H,2,6H2,1H3,(H,11,12). The molecule has 0 aliphatic heterocycles. The predicted octanol–water partition coefficient (Wildman–Crippen LogP) is 3.12. The zero-order valence-electron chi connectivity index (χ0n) is 7.58. The number of hydrogen-bond acceptors (Lipinski definition) is 3. The summed E-state index contributed by atoms with van der Waals surface area (Å²) in [7, 11) is 0. The van der Waals surface area contributed by atoms with E-state index in [-0.39, 0.29) is 0 Å². The van der Waals surface area contributed by atoms with E-state index in [0.717, 1.165) is 24.3 Å². The summed E-state index contributed by atoms with van der Waals surface area (Å²) in [6.45, 7) is 3.14. The molecule has 3 heteroatoms. The number of rotatable bonds is 3. The lowest BCUT2D eigenvalue weighted by Gasteiger charge is -2.02. The molecule has 2 aromatic heterocycles. The fourth-order valence-electron chi connectivity index (χ4n) is 1.20. The third-order valence-electron chi connectivity index (χ3n) is 1.86. The van der Waals surface area contributed by atoms with Crippen LogP contribution in [0.4, 0.5) is 5.82 Å². The quantitative estimate of drug-likeness (QED) is 0.808. The Hall–Kier alpha value is -1.09. The number of nitrogens with zero attached hydrogens (tertiary/aromatic N) is 1. The van der Waals surface area contributed by atoms with Gasteiger partial charge in [0, 0.05) is 6.54 Å². The fraction of sp³-hybridized carbons (Fsp3) is 0.300. The van der Waals surface area contributed by atoms with Crippen molar-refractivity contribution in [3.05, 3.63) is 23.6 Å². The van der Waals surface area contributed by atoms with Crippen molar-refractivity contribution in [2.24, 2.45) is 0 Å². The lowest BCUT2D eigenvalue weighted by atomic mass is 10.4. The number of aromatic nitrogens is 1. The van der Waals surface area contributed by atoms with Crippen molar-refractivity contribution in [1.82, 2.24) is 4.98 Å². The summed E-state index contributed by atoms with van der Waals surface area (Å²) in [6, 6.07) is 6.20. The van der Waals surface area contributed by atoms with Gasteiger partial charge in [-0.15, -0.1) is 11.3 Å². The Kier molecular flexibility index (Phi) is 2.45. The zero-order chi connectivity index (χ0) is 9.10. The van der Waals surface area contributed by atoms with E-state index in [9.17, 15) is 0 Å². The Balaban J connectivity index is 2.26. The molecule has 0 saturated carbocycles. The van der Waals surface area contributed by atoms with Crippen LogP contribution in [0, 0.1) is 0 Å². The molecular weight excluding hydrogens is 180 g/mol. The molecule has 68 valence electrons. The lowest BCUT2D eigenvalue weighted by Crippen LogP contribution is -2.00. The summed E-state index contributed by atoms with van der Waals surface area (Å²) >= 11 is 1.73. The average molecular weight is 192 g/mol. The minimum Gasteiger partial charge on any atom is -0.370 e. The molecule has 2 rings (SSSR count). The molecule has 2 nitrogen and oxygen atoms in total. The number of thiophene rings is 1. The lowest BCUT2D eigenvalue weighted by molar-refractivity contribution is 0.972. The van der Waals surface area contributed by atoms with Crippen molar-refractivity contribution in [3.8, 4) is 0 Å². The Bertz CT molecular complexity index is 394. The zero-order valence-corrected chi connectivity index (χ0v) is 8.40. The molecule has 0 spiro atoms. The van der Waals surface area contributed by atoms with E-state index in [4.69, 9.17) is 0 Å². The molecule has 0 saturated heterocycles.